The quantitative estimate of drug-likeness (QED) is 0.678. The Hall–Kier alpha value is -0.570. The number of likely N-dealkylation sites (N-methyl/N-ethyl adjacent to an activating group) is 1. The standard InChI is InChI=1S/C10H18N2O/c1-12-6-2-3-9(7-12)11-10(13)8-4-5-8/h8-9H,2-7H2,1H3,(H,11,13). The monoisotopic (exact) mass is 182 g/mol. The number of nitrogens with one attached hydrogen (secondary N) is 1. The lowest BCUT2D eigenvalue weighted by molar-refractivity contribution is -0.123. The highest BCUT2D eigenvalue weighted by Crippen LogP contribution is 2.29. The summed E-state index contributed by atoms with van der Waals surface area (Å²) >= 11 is 0. The molecule has 1 atom stereocenters. The zero-order chi connectivity index (χ0) is 9.26. The normalized spacial score (nSPS) is 30.1. The number of nitrogens with zero attached hydrogens (tertiary/aromatic N) is 1. The van der Waals surface area contributed by atoms with E-state index >= 15 is 0 Å². The smallest absolute Gasteiger partial charge is 0.223 e. The molecule has 2 aliphatic rings. The summed E-state index contributed by atoms with van der Waals surface area (Å²) in [6.07, 6.45) is 4.58. The van der Waals surface area contributed by atoms with Gasteiger partial charge in [0.1, 0.15) is 0 Å². The van der Waals surface area contributed by atoms with Gasteiger partial charge in [0.05, 0.1) is 0 Å². The van der Waals surface area contributed by atoms with Crippen LogP contribution >= 0.6 is 0 Å². The van der Waals surface area contributed by atoms with E-state index in [1.54, 1.807) is 0 Å². The molecule has 0 aromatic carbocycles. The van der Waals surface area contributed by atoms with E-state index in [4.69, 9.17) is 0 Å². The minimum atomic E-state index is 0.292. The predicted octanol–water partition coefficient (Wildman–Crippen LogP) is 0.607. The number of carbonyl (C=O) groups excluding carboxylic acids is 1. The SMILES string of the molecule is CN1CCCC(NC(=O)C2CC2)C1. The van der Waals surface area contributed by atoms with Gasteiger partial charge in [-0.25, -0.2) is 0 Å². The highest BCUT2D eigenvalue weighted by atomic mass is 16.2. The molecular weight excluding hydrogens is 164 g/mol. The first kappa shape index (κ1) is 9.00. The first-order valence-electron chi connectivity index (χ1n) is 5.24. The van der Waals surface area contributed by atoms with E-state index in [-0.39, 0.29) is 0 Å². The van der Waals surface area contributed by atoms with Crippen LogP contribution in [0.15, 0.2) is 0 Å². The maximum Gasteiger partial charge on any atom is 0.223 e. The van der Waals surface area contributed by atoms with Crippen molar-refractivity contribution in [2.24, 2.45) is 5.92 Å². The number of hydrogen-bond donors (Lipinski definition) is 1. The second-order valence-electron chi connectivity index (χ2n) is 4.38. The summed E-state index contributed by atoms with van der Waals surface area (Å²) in [5.74, 6) is 0.646. The third-order valence-electron chi connectivity index (χ3n) is 2.92. The topological polar surface area (TPSA) is 32.3 Å². The van der Waals surface area contributed by atoms with E-state index in [2.05, 4.69) is 17.3 Å². The first-order valence-corrected chi connectivity index (χ1v) is 5.24. The minimum absolute atomic E-state index is 0.292. The number of hydrogen-bond acceptors (Lipinski definition) is 2. The number of likely N-dealkylation sites (tertiary alicyclic amines) is 1. The van der Waals surface area contributed by atoms with Crippen LogP contribution in [-0.2, 0) is 4.79 Å². The van der Waals surface area contributed by atoms with E-state index < -0.39 is 0 Å². The molecule has 0 radical (unpaired) electrons. The molecule has 0 aromatic heterocycles. The molecule has 1 N–H and O–H groups in total. The van der Waals surface area contributed by atoms with Gasteiger partial charge in [-0.05, 0) is 39.3 Å². The maximum atomic E-state index is 11.5. The van der Waals surface area contributed by atoms with Crippen molar-refractivity contribution >= 4 is 5.91 Å². The minimum Gasteiger partial charge on any atom is -0.352 e. The zero-order valence-corrected chi connectivity index (χ0v) is 8.25. The van der Waals surface area contributed by atoms with E-state index in [1.807, 2.05) is 0 Å². The summed E-state index contributed by atoms with van der Waals surface area (Å²) in [5.41, 5.74) is 0. The van der Waals surface area contributed by atoms with Crippen LogP contribution in [-0.4, -0.2) is 37.0 Å². The second kappa shape index (κ2) is 3.66. The number of carbonyl (C=O) groups is 1. The van der Waals surface area contributed by atoms with Gasteiger partial charge in [-0.3, -0.25) is 4.79 Å². The van der Waals surface area contributed by atoms with Crippen molar-refractivity contribution in [2.75, 3.05) is 20.1 Å². The van der Waals surface area contributed by atoms with Crippen LogP contribution in [0.3, 0.4) is 0 Å². The molecule has 1 saturated carbocycles. The van der Waals surface area contributed by atoms with Crippen LogP contribution in [0.2, 0.25) is 0 Å². The zero-order valence-electron chi connectivity index (χ0n) is 8.25. The van der Waals surface area contributed by atoms with Crippen LogP contribution in [0.4, 0.5) is 0 Å². The molecular formula is C10H18N2O. The lowest BCUT2D eigenvalue weighted by Gasteiger charge is -2.30. The summed E-state index contributed by atoms with van der Waals surface area (Å²) in [4.78, 5) is 13.7. The van der Waals surface area contributed by atoms with Gasteiger partial charge in [-0.2, -0.15) is 0 Å². The summed E-state index contributed by atoms with van der Waals surface area (Å²) in [7, 11) is 2.12. The fourth-order valence-electron chi connectivity index (χ4n) is 1.95. The molecule has 13 heavy (non-hydrogen) atoms. The molecule has 3 nitrogen and oxygen atoms in total. The molecule has 0 bridgehead atoms. The van der Waals surface area contributed by atoms with Crippen molar-refractivity contribution in [3.63, 3.8) is 0 Å². The number of piperidine rings is 1. The molecule has 1 saturated heterocycles. The Morgan fingerprint density at radius 1 is 1.38 bits per heavy atom. The van der Waals surface area contributed by atoms with Gasteiger partial charge in [0.25, 0.3) is 0 Å². The van der Waals surface area contributed by atoms with Crippen LogP contribution in [0.25, 0.3) is 0 Å². The van der Waals surface area contributed by atoms with Gasteiger partial charge in [0, 0.05) is 18.5 Å². The fourth-order valence-corrected chi connectivity index (χ4v) is 1.95. The van der Waals surface area contributed by atoms with E-state index in [0.717, 1.165) is 25.8 Å². The van der Waals surface area contributed by atoms with Crippen molar-refractivity contribution in [1.29, 1.82) is 0 Å². The predicted molar refractivity (Wildman–Crippen MR) is 51.4 cm³/mol. The van der Waals surface area contributed by atoms with Crippen molar-refractivity contribution < 1.29 is 4.79 Å². The Labute approximate surface area is 79.5 Å². The molecule has 1 amide bonds. The third-order valence-corrected chi connectivity index (χ3v) is 2.92. The lowest BCUT2D eigenvalue weighted by atomic mass is 10.1. The molecule has 1 aliphatic heterocycles. The molecule has 74 valence electrons. The number of amides is 1. The fraction of sp³-hybridized carbons (Fsp3) is 0.900. The summed E-state index contributed by atoms with van der Waals surface area (Å²) in [5, 5.41) is 3.13. The molecule has 1 aliphatic carbocycles. The average Bonchev–Trinajstić information content (AvgIpc) is 2.85. The lowest BCUT2D eigenvalue weighted by Crippen LogP contribution is -2.46. The highest BCUT2D eigenvalue weighted by molar-refractivity contribution is 5.81. The molecule has 1 heterocycles. The molecule has 0 spiro atoms. The Morgan fingerprint density at radius 2 is 2.15 bits per heavy atom. The molecule has 2 fully saturated rings. The average molecular weight is 182 g/mol. The van der Waals surface area contributed by atoms with Gasteiger partial charge in [0.15, 0.2) is 0 Å². The Balaban J connectivity index is 1.76. The molecule has 3 heteroatoms. The van der Waals surface area contributed by atoms with Gasteiger partial charge >= 0.3 is 0 Å². The number of rotatable bonds is 2. The van der Waals surface area contributed by atoms with Crippen LogP contribution in [0, 0.1) is 5.92 Å². The van der Waals surface area contributed by atoms with E-state index in [9.17, 15) is 4.79 Å². The van der Waals surface area contributed by atoms with Gasteiger partial charge in [-0.15, -0.1) is 0 Å². The first-order chi connectivity index (χ1) is 6.25. The summed E-state index contributed by atoms with van der Waals surface area (Å²) < 4.78 is 0. The molecule has 0 aromatic rings. The van der Waals surface area contributed by atoms with Crippen molar-refractivity contribution in [3.05, 3.63) is 0 Å². The van der Waals surface area contributed by atoms with Crippen molar-refractivity contribution in [2.45, 2.75) is 31.7 Å². The highest BCUT2D eigenvalue weighted by Gasteiger charge is 2.31. The van der Waals surface area contributed by atoms with Gasteiger partial charge in [0.2, 0.25) is 5.91 Å². The van der Waals surface area contributed by atoms with Crippen molar-refractivity contribution in [1.82, 2.24) is 10.2 Å². The van der Waals surface area contributed by atoms with Crippen LogP contribution in [0.5, 0.6) is 0 Å². The van der Waals surface area contributed by atoms with Crippen LogP contribution in [0.1, 0.15) is 25.7 Å². The van der Waals surface area contributed by atoms with Gasteiger partial charge < -0.3 is 10.2 Å². The maximum absolute atomic E-state index is 11.5. The van der Waals surface area contributed by atoms with Crippen LogP contribution < -0.4 is 5.32 Å². The Morgan fingerprint density at radius 3 is 2.77 bits per heavy atom. The second-order valence-corrected chi connectivity index (χ2v) is 4.38. The van der Waals surface area contributed by atoms with Crippen molar-refractivity contribution in [3.8, 4) is 0 Å². The van der Waals surface area contributed by atoms with E-state index in [1.165, 1.54) is 13.0 Å². The van der Waals surface area contributed by atoms with Gasteiger partial charge in [-0.1, -0.05) is 0 Å². The molecule has 2 rings (SSSR count). The Bertz CT molecular complexity index is 201. The Kier molecular flexibility index (Phi) is 2.54. The summed E-state index contributed by atoms with van der Waals surface area (Å²) in [6.45, 7) is 2.20. The largest absolute Gasteiger partial charge is 0.352 e. The third kappa shape index (κ3) is 2.44. The summed E-state index contributed by atoms with van der Waals surface area (Å²) in [6, 6.07) is 0.409. The van der Waals surface area contributed by atoms with E-state index in [0.29, 0.717) is 17.9 Å². The molecule has 1 unspecified atom stereocenters.